The molecule has 2 rings (SSSR count). The van der Waals surface area contributed by atoms with E-state index >= 15 is 0 Å². The number of aromatic nitrogens is 1. The molecule has 0 bridgehead atoms. The Kier molecular flexibility index (Phi) is 6.18. The number of nitro groups is 1. The van der Waals surface area contributed by atoms with Gasteiger partial charge in [-0.25, -0.2) is 0 Å². The molecule has 0 saturated carbocycles. The maximum atomic E-state index is 11.0. The summed E-state index contributed by atoms with van der Waals surface area (Å²) in [5.74, 6) is -1.18. The number of benzene rings is 1. The van der Waals surface area contributed by atoms with Gasteiger partial charge in [-0.15, -0.1) is 0 Å². The molecule has 128 valence electrons. The van der Waals surface area contributed by atoms with Gasteiger partial charge in [-0.05, 0) is 23.6 Å². The molecule has 0 spiro atoms. The summed E-state index contributed by atoms with van der Waals surface area (Å²) in [6, 6.07) is 11.9. The highest BCUT2D eigenvalue weighted by atomic mass is 16.6. The molecule has 1 aromatic carbocycles. The SMILES string of the molecule is CC(=O)OCC[C@H](c1ccc([N+](=O)[O-])cc1)[C@H](C#N)c1cccnc1. The molecule has 25 heavy (non-hydrogen) atoms. The number of hydrogen-bond donors (Lipinski definition) is 0. The molecule has 0 aliphatic heterocycles. The number of nitrogens with zero attached hydrogens (tertiary/aromatic N) is 3. The van der Waals surface area contributed by atoms with Gasteiger partial charge in [-0.3, -0.25) is 19.9 Å². The molecule has 0 aliphatic carbocycles. The third kappa shape index (κ3) is 4.85. The van der Waals surface area contributed by atoms with Crippen LogP contribution in [0.4, 0.5) is 5.69 Å². The molecule has 0 fully saturated rings. The number of ether oxygens (including phenoxy) is 1. The highest BCUT2D eigenvalue weighted by molar-refractivity contribution is 5.65. The average molecular weight is 339 g/mol. The summed E-state index contributed by atoms with van der Waals surface area (Å²) in [7, 11) is 0. The smallest absolute Gasteiger partial charge is 0.302 e. The van der Waals surface area contributed by atoms with Gasteiger partial charge in [0.15, 0.2) is 0 Å². The highest BCUT2D eigenvalue weighted by Gasteiger charge is 2.26. The van der Waals surface area contributed by atoms with Crippen molar-refractivity contribution < 1.29 is 14.5 Å². The quantitative estimate of drug-likeness (QED) is 0.435. The number of hydrogen-bond acceptors (Lipinski definition) is 6. The summed E-state index contributed by atoms with van der Waals surface area (Å²) in [5, 5.41) is 20.5. The van der Waals surface area contributed by atoms with Gasteiger partial charge in [0.05, 0.1) is 23.5 Å². The van der Waals surface area contributed by atoms with Crippen molar-refractivity contribution in [1.82, 2.24) is 4.98 Å². The third-order valence-electron chi connectivity index (χ3n) is 3.85. The number of carbonyl (C=O) groups excluding carboxylic acids is 1. The Bertz CT molecular complexity index is 769. The second-order valence-electron chi connectivity index (χ2n) is 5.48. The molecule has 0 aliphatic rings. The van der Waals surface area contributed by atoms with Crippen LogP contribution in [0.25, 0.3) is 0 Å². The number of pyridine rings is 1. The number of rotatable bonds is 7. The Hall–Kier alpha value is -3.27. The molecule has 1 heterocycles. The molecule has 0 amide bonds. The van der Waals surface area contributed by atoms with Crippen LogP contribution in [-0.4, -0.2) is 22.5 Å². The first kappa shape index (κ1) is 18.1. The fourth-order valence-corrected chi connectivity index (χ4v) is 2.66. The van der Waals surface area contributed by atoms with Crippen LogP contribution >= 0.6 is 0 Å². The molecular weight excluding hydrogens is 322 g/mol. The monoisotopic (exact) mass is 339 g/mol. The summed E-state index contributed by atoms with van der Waals surface area (Å²) in [6.45, 7) is 1.49. The lowest BCUT2D eigenvalue weighted by atomic mass is 9.81. The summed E-state index contributed by atoms with van der Waals surface area (Å²) < 4.78 is 5.01. The van der Waals surface area contributed by atoms with E-state index < -0.39 is 16.8 Å². The first-order valence-electron chi connectivity index (χ1n) is 7.70. The van der Waals surface area contributed by atoms with E-state index in [-0.39, 0.29) is 18.2 Å². The number of nitriles is 1. The maximum Gasteiger partial charge on any atom is 0.302 e. The molecule has 2 aromatic rings. The van der Waals surface area contributed by atoms with E-state index in [1.54, 1.807) is 30.6 Å². The molecule has 1 aromatic heterocycles. The van der Waals surface area contributed by atoms with Gasteiger partial charge in [0.2, 0.25) is 0 Å². The lowest BCUT2D eigenvalue weighted by molar-refractivity contribution is -0.384. The summed E-state index contributed by atoms with van der Waals surface area (Å²) >= 11 is 0. The van der Waals surface area contributed by atoms with Crippen molar-refractivity contribution in [3.05, 3.63) is 70.0 Å². The van der Waals surface area contributed by atoms with Crippen molar-refractivity contribution in [3.8, 4) is 6.07 Å². The lowest BCUT2D eigenvalue weighted by Gasteiger charge is -2.22. The molecule has 0 N–H and O–H groups in total. The maximum absolute atomic E-state index is 11.0. The lowest BCUT2D eigenvalue weighted by Crippen LogP contribution is -2.14. The Morgan fingerprint density at radius 3 is 2.56 bits per heavy atom. The third-order valence-corrected chi connectivity index (χ3v) is 3.85. The van der Waals surface area contributed by atoms with Crippen LogP contribution < -0.4 is 0 Å². The van der Waals surface area contributed by atoms with Crippen LogP contribution in [0.5, 0.6) is 0 Å². The Balaban J connectivity index is 2.32. The standard InChI is InChI=1S/C18H17N3O4/c1-13(22)25-10-8-17(14-4-6-16(7-5-14)21(23)24)18(11-19)15-3-2-9-20-12-15/h2-7,9,12,17-18H,8,10H2,1H3/t17-,18-/m1/s1. The van der Waals surface area contributed by atoms with Crippen molar-refractivity contribution in [2.75, 3.05) is 6.61 Å². The van der Waals surface area contributed by atoms with Gasteiger partial charge in [0.1, 0.15) is 0 Å². The van der Waals surface area contributed by atoms with E-state index in [0.29, 0.717) is 6.42 Å². The fraction of sp³-hybridized carbons (Fsp3) is 0.278. The molecule has 0 unspecified atom stereocenters. The van der Waals surface area contributed by atoms with Crippen molar-refractivity contribution in [2.24, 2.45) is 0 Å². The largest absolute Gasteiger partial charge is 0.466 e. The Morgan fingerprint density at radius 1 is 1.32 bits per heavy atom. The zero-order chi connectivity index (χ0) is 18.2. The van der Waals surface area contributed by atoms with E-state index in [1.165, 1.54) is 19.1 Å². The summed E-state index contributed by atoms with van der Waals surface area (Å²) in [6.07, 6.45) is 3.67. The van der Waals surface area contributed by atoms with Gasteiger partial charge in [0.25, 0.3) is 5.69 Å². The van der Waals surface area contributed by atoms with Crippen LogP contribution in [0.2, 0.25) is 0 Å². The molecule has 7 nitrogen and oxygen atoms in total. The topological polar surface area (TPSA) is 106 Å². The first-order valence-corrected chi connectivity index (χ1v) is 7.70. The van der Waals surface area contributed by atoms with Crippen molar-refractivity contribution in [2.45, 2.75) is 25.2 Å². The zero-order valence-electron chi connectivity index (χ0n) is 13.7. The normalized spacial score (nSPS) is 12.6. The molecule has 2 atom stereocenters. The van der Waals surface area contributed by atoms with Crippen LogP contribution in [0.1, 0.15) is 36.3 Å². The van der Waals surface area contributed by atoms with E-state index in [0.717, 1.165) is 11.1 Å². The van der Waals surface area contributed by atoms with Gasteiger partial charge >= 0.3 is 5.97 Å². The number of non-ortho nitro benzene ring substituents is 1. The van der Waals surface area contributed by atoms with E-state index in [9.17, 15) is 20.2 Å². The zero-order valence-corrected chi connectivity index (χ0v) is 13.7. The van der Waals surface area contributed by atoms with Crippen molar-refractivity contribution in [1.29, 1.82) is 5.26 Å². The average Bonchev–Trinajstić information content (AvgIpc) is 2.62. The van der Waals surface area contributed by atoms with Crippen molar-refractivity contribution in [3.63, 3.8) is 0 Å². The van der Waals surface area contributed by atoms with E-state index in [1.807, 2.05) is 6.07 Å². The van der Waals surface area contributed by atoms with Crippen LogP contribution in [0.15, 0.2) is 48.8 Å². The van der Waals surface area contributed by atoms with Crippen LogP contribution in [0.3, 0.4) is 0 Å². The minimum absolute atomic E-state index is 0.0163. The number of nitro benzene ring substituents is 1. The van der Waals surface area contributed by atoms with Gasteiger partial charge < -0.3 is 4.74 Å². The van der Waals surface area contributed by atoms with Gasteiger partial charge in [-0.1, -0.05) is 18.2 Å². The number of carbonyl (C=O) groups is 1. The number of esters is 1. The van der Waals surface area contributed by atoms with E-state index in [2.05, 4.69) is 11.1 Å². The minimum atomic E-state index is -0.509. The predicted octanol–water partition coefficient (Wildman–Crippen LogP) is 3.33. The Labute approximate surface area is 145 Å². The summed E-state index contributed by atoms with van der Waals surface area (Å²) in [5.41, 5.74) is 1.50. The minimum Gasteiger partial charge on any atom is -0.466 e. The molecule has 7 heteroatoms. The summed E-state index contributed by atoms with van der Waals surface area (Å²) in [4.78, 5) is 25.4. The Morgan fingerprint density at radius 2 is 2.04 bits per heavy atom. The predicted molar refractivity (Wildman–Crippen MR) is 89.7 cm³/mol. The van der Waals surface area contributed by atoms with Gasteiger partial charge in [-0.2, -0.15) is 5.26 Å². The highest BCUT2D eigenvalue weighted by Crippen LogP contribution is 2.35. The van der Waals surface area contributed by atoms with Crippen LogP contribution in [0, 0.1) is 21.4 Å². The second kappa shape index (κ2) is 8.55. The first-order chi connectivity index (χ1) is 12.0. The molecule has 0 saturated heterocycles. The van der Waals surface area contributed by atoms with Gasteiger partial charge in [0, 0.05) is 37.4 Å². The molecular formula is C18H17N3O4. The molecule has 0 radical (unpaired) electrons. The van der Waals surface area contributed by atoms with Crippen LogP contribution in [-0.2, 0) is 9.53 Å². The fourth-order valence-electron chi connectivity index (χ4n) is 2.66. The second-order valence-corrected chi connectivity index (χ2v) is 5.48. The van der Waals surface area contributed by atoms with Crippen molar-refractivity contribution >= 4 is 11.7 Å². The van der Waals surface area contributed by atoms with E-state index in [4.69, 9.17) is 4.74 Å².